The number of terminal acetylenes is 1. The second kappa shape index (κ2) is 9.13. The van der Waals surface area contributed by atoms with Gasteiger partial charge in [0, 0.05) is 6.54 Å². The summed E-state index contributed by atoms with van der Waals surface area (Å²) in [5.41, 5.74) is 0. The highest BCUT2D eigenvalue weighted by molar-refractivity contribution is 14.1. The molecule has 0 heterocycles. The summed E-state index contributed by atoms with van der Waals surface area (Å²) < 4.78 is 2.55. The summed E-state index contributed by atoms with van der Waals surface area (Å²) >= 11 is 1.83. The van der Waals surface area contributed by atoms with Crippen molar-refractivity contribution in [2.45, 2.75) is 32.6 Å². The Morgan fingerprint density at radius 1 is 1.50 bits per heavy atom. The van der Waals surface area contributed by atoms with Gasteiger partial charge in [-0.15, -0.1) is 6.42 Å². The summed E-state index contributed by atoms with van der Waals surface area (Å²) in [5, 5.41) is 0. The van der Waals surface area contributed by atoms with Crippen molar-refractivity contribution < 1.29 is 4.79 Å². The Labute approximate surface area is 100 Å². The quantitative estimate of drug-likeness (QED) is 0.348. The molecule has 0 aliphatic carbocycles. The highest BCUT2D eigenvalue weighted by atomic mass is 127. The Balaban J connectivity index is 3.74. The van der Waals surface area contributed by atoms with Crippen molar-refractivity contribution >= 4 is 28.9 Å². The first-order chi connectivity index (χ1) is 6.76. The van der Waals surface area contributed by atoms with E-state index in [0.717, 1.165) is 19.4 Å². The van der Waals surface area contributed by atoms with Crippen LogP contribution in [0.5, 0.6) is 0 Å². The zero-order valence-corrected chi connectivity index (χ0v) is 10.7. The average molecular weight is 308 g/mol. The van der Waals surface area contributed by atoms with Crippen LogP contribution in [0.25, 0.3) is 0 Å². The maximum absolute atomic E-state index is 11.3. The fourth-order valence-corrected chi connectivity index (χ4v) is 1.49. The van der Waals surface area contributed by atoms with E-state index in [2.05, 4.69) is 16.4 Å². The van der Waals surface area contributed by atoms with Gasteiger partial charge in [0.2, 0.25) is 0 Å². The third-order valence-corrected chi connectivity index (χ3v) is 2.39. The zero-order valence-electron chi connectivity index (χ0n) is 8.55. The van der Waals surface area contributed by atoms with E-state index in [4.69, 9.17) is 6.42 Å². The SMILES string of the molecule is C#CCN(CCCCCC)C(=O)NI. The molecule has 0 fully saturated rings. The lowest BCUT2D eigenvalue weighted by atomic mass is 10.2. The molecule has 0 saturated carbocycles. The van der Waals surface area contributed by atoms with Crippen molar-refractivity contribution in [3.8, 4) is 12.3 Å². The molecule has 0 saturated heterocycles. The minimum absolute atomic E-state index is 0.0972. The van der Waals surface area contributed by atoms with Crippen LogP contribution >= 0.6 is 22.9 Å². The van der Waals surface area contributed by atoms with Crippen LogP contribution in [-0.2, 0) is 0 Å². The van der Waals surface area contributed by atoms with E-state index in [0.29, 0.717) is 6.54 Å². The molecule has 0 aliphatic rings. The first-order valence-electron chi connectivity index (χ1n) is 4.85. The predicted molar refractivity (Wildman–Crippen MR) is 67.1 cm³/mol. The summed E-state index contributed by atoms with van der Waals surface area (Å²) in [6.07, 6.45) is 9.78. The molecule has 0 spiro atoms. The topological polar surface area (TPSA) is 32.3 Å². The van der Waals surface area contributed by atoms with E-state index in [1.54, 1.807) is 4.90 Å². The molecule has 1 N–H and O–H groups in total. The molecule has 0 aliphatic heterocycles. The molecule has 0 bridgehead atoms. The minimum Gasteiger partial charge on any atom is -0.313 e. The van der Waals surface area contributed by atoms with Crippen LogP contribution in [-0.4, -0.2) is 24.0 Å². The second-order valence-electron chi connectivity index (χ2n) is 3.09. The minimum atomic E-state index is -0.0972. The Hall–Kier alpha value is -0.440. The number of hydrogen-bond donors (Lipinski definition) is 1. The van der Waals surface area contributed by atoms with Crippen LogP contribution in [0.4, 0.5) is 4.79 Å². The van der Waals surface area contributed by atoms with Crippen molar-refractivity contribution in [3.63, 3.8) is 0 Å². The molecule has 0 radical (unpaired) electrons. The number of nitrogens with one attached hydrogen (secondary N) is 1. The molecule has 0 atom stereocenters. The molecule has 0 rings (SSSR count). The summed E-state index contributed by atoms with van der Waals surface area (Å²) in [6.45, 7) is 3.30. The molecule has 0 aromatic carbocycles. The van der Waals surface area contributed by atoms with Gasteiger partial charge in [-0.25, -0.2) is 4.79 Å². The van der Waals surface area contributed by atoms with Crippen LogP contribution < -0.4 is 3.53 Å². The monoisotopic (exact) mass is 308 g/mol. The van der Waals surface area contributed by atoms with Crippen LogP contribution in [0.3, 0.4) is 0 Å². The number of urea groups is 1. The molecule has 80 valence electrons. The maximum Gasteiger partial charge on any atom is 0.326 e. The molecule has 14 heavy (non-hydrogen) atoms. The molecular formula is C10H17IN2O. The fraction of sp³-hybridized carbons (Fsp3) is 0.700. The summed E-state index contributed by atoms with van der Waals surface area (Å²) in [5.74, 6) is 2.49. The highest BCUT2D eigenvalue weighted by Crippen LogP contribution is 2.01. The molecular weight excluding hydrogens is 291 g/mol. The Morgan fingerprint density at radius 2 is 2.21 bits per heavy atom. The van der Waals surface area contributed by atoms with Crippen LogP contribution in [0.15, 0.2) is 0 Å². The van der Waals surface area contributed by atoms with E-state index in [9.17, 15) is 4.79 Å². The van der Waals surface area contributed by atoms with Crippen LogP contribution in [0.2, 0.25) is 0 Å². The van der Waals surface area contributed by atoms with Crippen molar-refractivity contribution in [1.82, 2.24) is 8.43 Å². The van der Waals surface area contributed by atoms with Crippen molar-refractivity contribution in [2.24, 2.45) is 0 Å². The zero-order chi connectivity index (χ0) is 10.8. The molecule has 4 heteroatoms. The molecule has 0 aromatic heterocycles. The number of nitrogens with zero attached hydrogens (tertiary/aromatic N) is 1. The molecule has 0 unspecified atom stereocenters. The first-order valence-corrected chi connectivity index (χ1v) is 5.93. The summed E-state index contributed by atoms with van der Waals surface area (Å²) in [6, 6.07) is -0.0972. The Bertz CT molecular complexity index is 201. The van der Waals surface area contributed by atoms with Crippen molar-refractivity contribution in [3.05, 3.63) is 0 Å². The van der Waals surface area contributed by atoms with E-state index in [1.165, 1.54) is 12.8 Å². The lowest BCUT2D eigenvalue weighted by Crippen LogP contribution is -2.36. The lowest BCUT2D eigenvalue weighted by Gasteiger charge is -2.18. The van der Waals surface area contributed by atoms with E-state index >= 15 is 0 Å². The van der Waals surface area contributed by atoms with E-state index in [-0.39, 0.29) is 6.03 Å². The smallest absolute Gasteiger partial charge is 0.313 e. The number of unbranched alkanes of at least 4 members (excludes halogenated alkanes) is 3. The number of amides is 2. The van der Waals surface area contributed by atoms with Crippen molar-refractivity contribution in [1.29, 1.82) is 0 Å². The number of carbonyl (C=O) groups excluding carboxylic acids is 1. The van der Waals surface area contributed by atoms with Gasteiger partial charge < -0.3 is 4.90 Å². The van der Waals surface area contributed by atoms with E-state index in [1.807, 2.05) is 22.9 Å². The van der Waals surface area contributed by atoms with Gasteiger partial charge >= 0.3 is 6.03 Å². The summed E-state index contributed by atoms with van der Waals surface area (Å²) in [7, 11) is 0. The van der Waals surface area contributed by atoms with Gasteiger partial charge in [-0.3, -0.25) is 3.53 Å². The molecule has 0 aromatic rings. The number of halogens is 1. The highest BCUT2D eigenvalue weighted by Gasteiger charge is 2.09. The fourth-order valence-electron chi connectivity index (χ4n) is 1.15. The van der Waals surface area contributed by atoms with Gasteiger partial charge in [0.25, 0.3) is 0 Å². The number of carbonyl (C=O) groups is 1. The van der Waals surface area contributed by atoms with Gasteiger partial charge in [0.05, 0.1) is 29.4 Å². The third kappa shape index (κ3) is 6.08. The van der Waals surface area contributed by atoms with Crippen LogP contribution in [0.1, 0.15) is 32.6 Å². The van der Waals surface area contributed by atoms with Crippen LogP contribution in [0, 0.1) is 12.3 Å². The first kappa shape index (κ1) is 13.6. The normalized spacial score (nSPS) is 9.21. The predicted octanol–water partition coefficient (Wildman–Crippen LogP) is 2.56. The third-order valence-electron chi connectivity index (χ3n) is 1.93. The second-order valence-corrected chi connectivity index (χ2v) is 3.63. The summed E-state index contributed by atoms with van der Waals surface area (Å²) in [4.78, 5) is 12.9. The number of rotatable bonds is 6. The van der Waals surface area contributed by atoms with Gasteiger partial charge in [-0.2, -0.15) is 0 Å². The van der Waals surface area contributed by atoms with E-state index < -0.39 is 0 Å². The Kier molecular flexibility index (Phi) is 8.84. The standard InChI is InChI=1S/C10H17IN2O/c1-3-5-6-7-9-13(8-4-2)10(14)12-11/h2H,3,5-9H2,1H3,(H,12,14). The Morgan fingerprint density at radius 3 is 2.71 bits per heavy atom. The van der Waals surface area contributed by atoms with Gasteiger partial charge in [0.15, 0.2) is 0 Å². The van der Waals surface area contributed by atoms with Crippen molar-refractivity contribution in [2.75, 3.05) is 13.1 Å². The van der Waals surface area contributed by atoms with Gasteiger partial charge in [-0.1, -0.05) is 32.1 Å². The van der Waals surface area contributed by atoms with Gasteiger partial charge in [0.1, 0.15) is 0 Å². The lowest BCUT2D eigenvalue weighted by molar-refractivity contribution is 0.210. The maximum atomic E-state index is 11.3. The number of hydrogen-bond acceptors (Lipinski definition) is 1. The molecule has 2 amide bonds. The average Bonchev–Trinajstić information content (AvgIpc) is 2.21. The van der Waals surface area contributed by atoms with Gasteiger partial charge in [-0.05, 0) is 6.42 Å². The largest absolute Gasteiger partial charge is 0.326 e. The molecule has 3 nitrogen and oxygen atoms in total.